The number of alkyl halides is 3. The van der Waals surface area contributed by atoms with Crippen LogP contribution in [-0.4, -0.2) is 27.4 Å². The smallest absolute Gasteiger partial charge is 0.380 e. The number of rotatable bonds is 0. The molecule has 0 aromatic rings. The first-order chi connectivity index (χ1) is 5.91. The van der Waals surface area contributed by atoms with Gasteiger partial charge in [-0.1, -0.05) is 0 Å². The van der Waals surface area contributed by atoms with Crippen molar-refractivity contribution < 1.29 is 18.3 Å². The molecule has 2 aliphatic heterocycles. The number of halogens is 3. The van der Waals surface area contributed by atoms with Crippen LogP contribution in [0.5, 0.6) is 0 Å². The van der Waals surface area contributed by atoms with E-state index in [4.69, 9.17) is 0 Å². The van der Waals surface area contributed by atoms with Crippen molar-refractivity contribution in [2.45, 2.75) is 48.0 Å². The van der Waals surface area contributed by atoms with Crippen molar-refractivity contribution in [3.8, 4) is 0 Å². The van der Waals surface area contributed by atoms with Crippen LogP contribution in [0.3, 0.4) is 0 Å². The van der Waals surface area contributed by atoms with Crippen LogP contribution in [-0.2, 0) is 0 Å². The van der Waals surface area contributed by atoms with E-state index in [1.807, 2.05) is 0 Å². The summed E-state index contributed by atoms with van der Waals surface area (Å²) in [5.41, 5.74) is -2.40. The zero-order chi connectivity index (χ0) is 9.69. The van der Waals surface area contributed by atoms with Gasteiger partial charge < -0.3 is 5.11 Å². The molecule has 2 atom stereocenters. The van der Waals surface area contributed by atoms with Crippen molar-refractivity contribution in [3.63, 3.8) is 0 Å². The van der Waals surface area contributed by atoms with Gasteiger partial charge in [-0.15, -0.1) is 0 Å². The third-order valence-corrected chi connectivity index (χ3v) is 4.43. The van der Waals surface area contributed by atoms with Crippen LogP contribution < -0.4 is 0 Å². The van der Waals surface area contributed by atoms with Gasteiger partial charge in [0.1, 0.15) is 0 Å². The number of hydrogen-bond acceptors (Lipinski definition) is 2. The van der Waals surface area contributed by atoms with Gasteiger partial charge in [-0.25, -0.2) is 0 Å². The molecule has 0 spiro atoms. The van der Waals surface area contributed by atoms with Gasteiger partial charge in [-0.05, 0) is 25.7 Å². The molecule has 2 saturated heterocycles. The van der Waals surface area contributed by atoms with Crippen LogP contribution in [0.1, 0.15) is 25.7 Å². The van der Waals surface area contributed by atoms with Crippen molar-refractivity contribution in [1.82, 2.24) is 0 Å². The normalized spacial score (nSPS) is 45.2. The maximum absolute atomic E-state index is 12.4. The van der Waals surface area contributed by atoms with Gasteiger partial charge in [0, 0.05) is 10.5 Å². The molecule has 0 saturated carbocycles. The maximum Gasteiger partial charge on any atom is 0.417 e. The molecule has 0 aromatic heterocycles. The molecule has 2 rings (SSSR count). The highest BCUT2D eigenvalue weighted by Gasteiger charge is 2.58. The summed E-state index contributed by atoms with van der Waals surface area (Å²) >= 11 is 1.61. The van der Waals surface area contributed by atoms with E-state index in [9.17, 15) is 18.3 Å². The summed E-state index contributed by atoms with van der Waals surface area (Å²) in [6.45, 7) is 0. The largest absolute Gasteiger partial charge is 0.417 e. The van der Waals surface area contributed by atoms with Crippen LogP contribution in [0.2, 0.25) is 0 Å². The van der Waals surface area contributed by atoms with E-state index in [0.29, 0.717) is 0 Å². The van der Waals surface area contributed by atoms with Gasteiger partial charge in [-0.2, -0.15) is 24.9 Å². The third-order valence-electron chi connectivity index (χ3n) is 2.85. The second-order valence-electron chi connectivity index (χ2n) is 3.90. The molecule has 5 heteroatoms. The van der Waals surface area contributed by atoms with Crippen LogP contribution in [0.15, 0.2) is 0 Å². The van der Waals surface area contributed by atoms with Gasteiger partial charge in [0.05, 0.1) is 0 Å². The van der Waals surface area contributed by atoms with E-state index in [2.05, 4.69) is 0 Å². The minimum atomic E-state index is -4.45. The summed E-state index contributed by atoms with van der Waals surface area (Å²) in [7, 11) is 0. The highest BCUT2D eigenvalue weighted by molar-refractivity contribution is 8.00. The first-order valence-electron chi connectivity index (χ1n) is 4.35. The Morgan fingerprint density at radius 2 is 1.62 bits per heavy atom. The molecule has 2 unspecified atom stereocenters. The van der Waals surface area contributed by atoms with Crippen molar-refractivity contribution in [2.24, 2.45) is 0 Å². The lowest BCUT2D eigenvalue weighted by molar-refractivity contribution is -0.264. The standard InChI is InChI=1S/C8H11F3OS/c9-8(10,11)7(12)3-5-1-2-6(4-7)13-5/h5-6,12H,1-4H2. The van der Waals surface area contributed by atoms with Crippen molar-refractivity contribution in [3.05, 3.63) is 0 Å². The summed E-state index contributed by atoms with van der Waals surface area (Å²) in [5.74, 6) is 0. The van der Waals surface area contributed by atoms with Gasteiger partial charge in [-0.3, -0.25) is 0 Å². The summed E-state index contributed by atoms with van der Waals surface area (Å²) in [4.78, 5) is 0. The second-order valence-corrected chi connectivity index (χ2v) is 5.50. The molecular formula is C8H11F3OS. The maximum atomic E-state index is 12.4. The Kier molecular flexibility index (Phi) is 2.07. The topological polar surface area (TPSA) is 20.2 Å². The monoisotopic (exact) mass is 212 g/mol. The minimum Gasteiger partial charge on any atom is -0.380 e. The van der Waals surface area contributed by atoms with E-state index in [0.717, 1.165) is 12.8 Å². The van der Waals surface area contributed by atoms with E-state index < -0.39 is 11.8 Å². The second kappa shape index (κ2) is 2.79. The number of aliphatic hydroxyl groups is 1. The van der Waals surface area contributed by atoms with Crippen LogP contribution >= 0.6 is 11.8 Å². The predicted octanol–water partition coefficient (Wildman–Crippen LogP) is 2.34. The highest BCUT2D eigenvalue weighted by atomic mass is 32.2. The summed E-state index contributed by atoms with van der Waals surface area (Å²) in [6.07, 6.45) is -3.02. The van der Waals surface area contributed by atoms with Crippen molar-refractivity contribution >= 4 is 11.8 Å². The predicted molar refractivity (Wildman–Crippen MR) is 44.6 cm³/mol. The van der Waals surface area contributed by atoms with E-state index >= 15 is 0 Å². The van der Waals surface area contributed by atoms with Gasteiger partial charge >= 0.3 is 6.18 Å². The molecular weight excluding hydrogens is 201 g/mol. The Morgan fingerprint density at radius 3 is 2.00 bits per heavy atom. The van der Waals surface area contributed by atoms with Crippen molar-refractivity contribution in [1.29, 1.82) is 0 Å². The summed E-state index contributed by atoms with van der Waals surface area (Å²) in [5, 5.41) is 9.49. The van der Waals surface area contributed by atoms with Gasteiger partial charge in [0.25, 0.3) is 0 Å². The fourth-order valence-corrected chi connectivity index (χ4v) is 3.98. The molecule has 0 radical (unpaired) electrons. The lowest BCUT2D eigenvalue weighted by Crippen LogP contribution is -2.49. The molecule has 2 fully saturated rings. The van der Waals surface area contributed by atoms with Gasteiger partial charge in [0.2, 0.25) is 0 Å². The Balaban J connectivity index is 2.17. The number of hydrogen-bond donors (Lipinski definition) is 1. The average Bonchev–Trinajstić information content (AvgIpc) is 2.28. The SMILES string of the molecule is OC1(C(F)(F)F)CC2CCC(C1)S2. The highest BCUT2D eigenvalue weighted by Crippen LogP contribution is 2.52. The molecule has 2 heterocycles. The Hall–Kier alpha value is 0.100. The molecule has 0 amide bonds. The summed E-state index contributed by atoms with van der Waals surface area (Å²) < 4.78 is 37.3. The average molecular weight is 212 g/mol. The first-order valence-corrected chi connectivity index (χ1v) is 5.29. The van der Waals surface area contributed by atoms with Crippen LogP contribution in [0.4, 0.5) is 13.2 Å². The zero-order valence-corrected chi connectivity index (χ0v) is 7.79. The van der Waals surface area contributed by atoms with Crippen molar-refractivity contribution in [2.75, 3.05) is 0 Å². The fraction of sp³-hybridized carbons (Fsp3) is 1.00. The molecule has 0 aliphatic carbocycles. The Bertz CT molecular complexity index is 204. The molecule has 2 aliphatic rings. The molecule has 1 N–H and O–H groups in total. The fourth-order valence-electron chi connectivity index (χ4n) is 2.15. The number of thioether (sulfide) groups is 1. The molecule has 76 valence electrons. The third kappa shape index (κ3) is 1.56. The lowest BCUT2D eigenvalue weighted by Gasteiger charge is -2.37. The lowest BCUT2D eigenvalue weighted by atomic mass is 9.93. The van der Waals surface area contributed by atoms with E-state index in [1.165, 1.54) is 0 Å². The van der Waals surface area contributed by atoms with Crippen LogP contribution in [0, 0.1) is 0 Å². The molecule has 1 nitrogen and oxygen atoms in total. The van der Waals surface area contributed by atoms with Crippen LogP contribution in [0.25, 0.3) is 0 Å². The zero-order valence-electron chi connectivity index (χ0n) is 6.97. The Labute approximate surface area is 78.7 Å². The van der Waals surface area contributed by atoms with E-state index in [1.54, 1.807) is 11.8 Å². The first kappa shape index (κ1) is 9.65. The quantitative estimate of drug-likeness (QED) is 0.665. The van der Waals surface area contributed by atoms with E-state index in [-0.39, 0.29) is 23.3 Å². The Morgan fingerprint density at radius 1 is 1.15 bits per heavy atom. The van der Waals surface area contributed by atoms with Gasteiger partial charge in [0.15, 0.2) is 5.60 Å². The summed E-state index contributed by atoms with van der Waals surface area (Å²) in [6, 6.07) is 0. The number of fused-ring (bicyclic) bond motifs is 2. The minimum absolute atomic E-state index is 0.0189. The molecule has 13 heavy (non-hydrogen) atoms. The molecule has 0 aromatic carbocycles. The molecule has 2 bridgehead atoms.